The molecule has 6 nitrogen and oxygen atoms in total. The molecule has 2 aromatic heterocycles. The molecule has 37 heavy (non-hydrogen) atoms. The van der Waals surface area contributed by atoms with Gasteiger partial charge in [0, 0.05) is 49.4 Å². The van der Waals surface area contributed by atoms with Gasteiger partial charge in [-0.15, -0.1) is 5.10 Å². The summed E-state index contributed by atoms with van der Waals surface area (Å²) in [6.45, 7) is 6.39. The molecule has 196 valence electrons. The number of halogens is 3. The van der Waals surface area contributed by atoms with Crippen molar-refractivity contribution in [3.63, 3.8) is 0 Å². The minimum Gasteiger partial charge on any atom is -0.386 e. The number of nitrogens with zero attached hydrogens (tertiary/aromatic N) is 5. The normalized spacial score (nSPS) is 18.3. The first kappa shape index (κ1) is 25.4. The molecule has 1 aliphatic heterocycles. The van der Waals surface area contributed by atoms with E-state index in [1.807, 2.05) is 30.0 Å². The van der Waals surface area contributed by atoms with E-state index in [1.165, 1.54) is 30.5 Å². The number of pyridine rings is 1. The van der Waals surface area contributed by atoms with E-state index < -0.39 is 17.3 Å². The molecule has 1 saturated heterocycles. The lowest BCUT2D eigenvalue weighted by Crippen LogP contribution is -2.53. The highest BCUT2D eigenvalue weighted by Crippen LogP contribution is 2.39. The fourth-order valence-electron chi connectivity index (χ4n) is 5.54. The van der Waals surface area contributed by atoms with E-state index >= 15 is 0 Å². The second kappa shape index (κ2) is 9.59. The van der Waals surface area contributed by atoms with Gasteiger partial charge in [-0.25, -0.2) is 4.98 Å². The lowest BCUT2D eigenvalue weighted by atomic mass is 9.94. The lowest BCUT2D eigenvalue weighted by molar-refractivity contribution is -0.140. The van der Waals surface area contributed by atoms with Crippen LogP contribution in [0.3, 0.4) is 0 Å². The maximum absolute atomic E-state index is 13.8. The van der Waals surface area contributed by atoms with E-state index in [0.29, 0.717) is 19.6 Å². The van der Waals surface area contributed by atoms with Gasteiger partial charge in [-0.05, 0) is 57.2 Å². The standard InChI is InChI=1S/C28H32F3N5O/c1-18-17-35(12-13-36(18)25-15-22(28(29,30)31)23(16-32-25)27(2,3)37)26-21-11-7-10-20(21)24(33-34-26)14-19-8-5-4-6-9-19/h4-6,8-9,15-16,18,37H,7,10-14,17H2,1-3H3/t18-/m1/s1. The summed E-state index contributed by atoms with van der Waals surface area (Å²) in [6.07, 6.45) is 0.356. The number of fused-ring (bicyclic) bond motifs is 1. The van der Waals surface area contributed by atoms with E-state index in [1.54, 1.807) is 0 Å². The highest BCUT2D eigenvalue weighted by molar-refractivity contribution is 5.56. The first-order valence-electron chi connectivity index (χ1n) is 12.8. The number of aromatic nitrogens is 3. The van der Waals surface area contributed by atoms with Crippen molar-refractivity contribution in [2.24, 2.45) is 0 Å². The van der Waals surface area contributed by atoms with Gasteiger partial charge in [0.25, 0.3) is 0 Å². The van der Waals surface area contributed by atoms with Gasteiger partial charge < -0.3 is 14.9 Å². The first-order valence-corrected chi connectivity index (χ1v) is 12.8. The Balaban J connectivity index is 1.37. The maximum Gasteiger partial charge on any atom is 0.416 e. The molecule has 1 fully saturated rings. The molecule has 0 bridgehead atoms. The zero-order valence-corrected chi connectivity index (χ0v) is 21.4. The number of alkyl halides is 3. The van der Waals surface area contributed by atoms with E-state index in [0.717, 1.165) is 49.5 Å². The summed E-state index contributed by atoms with van der Waals surface area (Å²) in [6, 6.07) is 11.2. The number of benzene rings is 1. The molecule has 3 heterocycles. The summed E-state index contributed by atoms with van der Waals surface area (Å²) in [7, 11) is 0. The predicted molar refractivity (Wildman–Crippen MR) is 137 cm³/mol. The van der Waals surface area contributed by atoms with Crippen molar-refractivity contribution < 1.29 is 18.3 Å². The van der Waals surface area contributed by atoms with E-state index in [2.05, 4.69) is 32.2 Å². The second-order valence-electron chi connectivity index (χ2n) is 10.6. The van der Waals surface area contributed by atoms with E-state index in [4.69, 9.17) is 0 Å². The van der Waals surface area contributed by atoms with Gasteiger partial charge >= 0.3 is 6.18 Å². The number of anilines is 2. The van der Waals surface area contributed by atoms with Gasteiger partial charge in [-0.3, -0.25) is 0 Å². The number of hydrogen-bond acceptors (Lipinski definition) is 6. The Bertz CT molecular complexity index is 1270. The Morgan fingerprint density at radius 3 is 2.41 bits per heavy atom. The molecule has 5 rings (SSSR count). The van der Waals surface area contributed by atoms with Crippen LogP contribution in [0.4, 0.5) is 24.8 Å². The summed E-state index contributed by atoms with van der Waals surface area (Å²) >= 11 is 0. The zero-order chi connectivity index (χ0) is 26.4. The number of piperazine rings is 1. The molecule has 1 aromatic carbocycles. The van der Waals surface area contributed by atoms with Crippen LogP contribution in [-0.2, 0) is 31.0 Å². The maximum atomic E-state index is 13.8. The fourth-order valence-corrected chi connectivity index (χ4v) is 5.54. The van der Waals surface area contributed by atoms with Gasteiger partial charge in [-0.1, -0.05) is 30.3 Å². The van der Waals surface area contributed by atoms with E-state index in [9.17, 15) is 18.3 Å². The quantitative estimate of drug-likeness (QED) is 0.525. The van der Waals surface area contributed by atoms with Gasteiger partial charge in [0.1, 0.15) is 5.82 Å². The molecule has 0 unspecified atom stereocenters. The topological polar surface area (TPSA) is 65.4 Å². The Kier molecular flexibility index (Phi) is 6.60. The Labute approximate surface area is 215 Å². The molecule has 1 N–H and O–H groups in total. The summed E-state index contributed by atoms with van der Waals surface area (Å²) in [5.74, 6) is 1.17. The molecule has 0 radical (unpaired) electrons. The molecule has 0 saturated carbocycles. The molecular formula is C28H32F3N5O. The minimum atomic E-state index is -4.59. The van der Waals surface area contributed by atoms with Crippen molar-refractivity contribution in [2.75, 3.05) is 29.4 Å². The number of rotatable bonds is 5. The van der Waals surface area contributed by atoms with E-state index in [-0.39, 0.29) is 17.4 Å². The van der Waals surface area contributed by atoms with Crippen LogP contribution in [0.25, 0.3) is 0 Å². The SMILES string of the molecule is C[C@@H]1CN(c2nnc(Cc3ccccc3)c3c2CCC3)CCN1c1cc(C(F)(F)F)c(C(C)(C)O)cn1. The van der Waals surface area contributed by atoms with Crippen LogP contribution in [0.1, 0.15) is 60.7 Å². The molecule has 3 aromatic rings. The second-order valence-corrected chi connectivity index (χ2v) is 10.6. The Morgan fingerprint density at radius 1 is 1.00 bits per heavy atom. The van der Waals surface area contributed by atoms with Crippen molar-refractivity contribution >= 4 is 11.6 Å². The molecule has 0 spiro atoms. The van der Waals surface area contributed by atoms with Crippen molar-refractivity contribution in [3.8, 4) is 0 Å². The van der Waals surface area contributed by atoms with Crippen LogP contribution in [0.2, 0.25) is 0 Å². The monoisotopic (exact) mass is 511 g/mol. The molecule has 9 heteroatoms. The Morgan fingerprint density at radius 2 is 1.73 bits per heavy atom. The van der Waals surface area contributed by atoms with Crippen molar-refractivity contribution in [2.45, 2.75) is 64.3 Å². The highest BCUT2D eigenvalue weighted by Gasteiger charge is 2.39. The molecule has 1 atom stereocenters. The number of hydrogen-bond donors (Lipinski definition) is 1. The summed E-state index contributed by atoms with van der Waals surface area (Å²) in [5, 5.41) is 19.5. The molecular weight excluding hydrogens is 479 g/mol. The van der Waals surface area contributed by atoms with Gasteiger partial charge in [0.2, 0.25) is 0 Å². The van der Waals surface area contributed by atoms with Crippen molar-refractivity contribution in [1.82, 2.24) is 15.2 Å². The summed E-state index contributed by atoms with van der Waals surface area (Å²) in [4.78, 5) is 8.43. The largest absolute Gasteiger partial charge is 0.416 e. The van der Waals surface area contributed by atoms with Crippen molar-refractivity contribution in [3.05, 3.63) is 76.1 Å². The van der Waals surface area contributed by atoms with Crippen LogP contribution >= 0.6 is 0 Å². The van der Waals surface area contributed by atoms with Gasteiger partial charge in [-0.2, -0.15) is 18.3 Å². The van der Waals surface area contributed by atoms with Gasteiger partial charge in [0.15, 0.2) is 5.82 Å². The van der Waals surface area contributed by atoms with Crippen LogP contribution < -0.4 is 9.80 Å². The number of aliphatic hydroxyl groups is 1. The lowest BCUT2D eigenvalue weighted by Gasteiger charge is -2.41. The average molecular weight is 512 g/mol. The first-order chi connectivity index (χ1) is 17.5. The molecule has 2 aliphatic rings. The predicted octanol–water partition coefficient (Wildman–Crippen LogP) is 4.91. The van der Waals surface area contributed by atoms with Crippen LogP contribution in [0, 0.1) is 0 Å². The third-order valence-electron chi connectivity index (χ3n) is 7.39. The third-order valence-corrected chi connectivity index (χ3v) is 7.39. The average Bonchev–Trinajstić information content (AvgIpc) is 3.34. The third kappa shape index (κ3) is 5.14. The summed E-state index contributed by atoms with van der Waals surface area (Å²) < 4.78 is 41.5. The molecule has 0 amide bonds. The van der Waals surface area contributed by atoms with Gasteiger partial charge in [0.05, 0.1) is 16.9 Å². The smallest absolute Gasteiger partial charge is 0.386 e. The minimum absolute atomic E-state index is 0.0850. The Hall–Kier alpha value is -3.20. The zero-order valence-electron chi connectivity index (χ0n) is 21.4. The van der Waals surface area contributed by atoms with Crippen LogP contribution in [0.5, 0.6) is 0 Å². The fraction of sp³-hybridized carbons (Fsp3) is 0.464. The summed E-state index contributed by atoms with van der Waals surface area (Å²) in [5.41, 5.74) is 2.07. The highest BCUT2D eigenvalue weighted by atomic mass is 19.4. The van der Waals surface area contributed by atoms with Crippen LogP contribution in [0.15, 0.2) is 42.6 Å². The van der Waals surface area contributed by atoms with Crippen molar-refractivity contribution in [1.29, 1.82) is 0 Å². The van der Waals surface area contributed by atoms with Crippen LogP contribution in [-0.4, -0.2) is 46.0 Å². The molecule has 1 aliphatic carbocycles.